The number of benzene rings is 1. The summed E-state index contributed by atoms with van der Waals surface area (Å²) in [6.45, 7) is 2.04. The van der Waals surface area contributed by atoms with Crippen LogP contribution in [0.5, 0.6) is 0 Å². The molecule has 5 nitrogen and oxygen atoms in total. The molecule has 90 valence electrons. The molecule has 0 fully saturated rings. The van der Waals surface area contributed by atoms with Crippen molar-refractivity contribution >= 4 is 5.97 Å². The molecule has 2 aromatic rings. The van der Waals surface area contributed by atoms with E-state index < -0.39 is 5.97 Å². The molecular formula is C13H11N3O2. The molecule has 0 radical (unpaired) electrons. The molecular weight excluding hydrogens is 230 g/mol. The van der Waals surface area contributed by atoms with Crippen molar-refractivity contribution in [3.05, 3.63) is 47.8 Å². The van der Waals surface area contributed by atoms with Gasteiger partial charge in [-0.1, -0.05) is 12.1 Å². The van der Waals surface area contributed by atoms with Crippen molar-refractivity contribution in [3.8, 4) is 11.8 Å². The third-order valence-electron chi connectivity index (χ3n) is 2.34. The summed E-state index contributed by atoms with van der Waals surface area (Å²) in [6, 6.07) is 10.7. The number of rotatable bonds is 3. The van der Waals surface area contributed by atoms with Crippen molar-refractivity contribution in [3.63, 3.8) is 0 Å². The topological polar surface area (TPSA) is 67.9 Å². The van der Waals surface area contributed by atoms with Gasteiger partial charge in [0.2, 0.25) is 0 Å². The standard InChI is InChI=1S/C13H11N3O2/c1-2-18-13(17)11-7-8-16(15-11)12-6-4-3-5-10(12)9-14/h3-8H,2H2,1H3. The number of nitriles is 1. The van der Waals surface area contributed by atoms with Gasteiger partial charge in [0.05, 0.1) is 17.9 Å². The molecule has 5 heteroatoms. The zero-order valence-corrected chi connectivity index (χ0v) is 9.83. The summed E-state index contributed by atoms with van der Waals surface area (Å²) in [7, 11) is 0. The highest BCUT2D eigenvalue weighted by Crippen LogP contribution is 2.13. The van der Waals surface area contributed by atoms with Crippen LogP contribution in [0.25, 0.3) is 5.69 Å². The van der Waals surface area contributed by atoms with Crippen LogP contribution >= 0.6 is 0 Å². The molecule has 1 aromatic carbocycles. The van der Waals surface area contributed by atoms with Crippen molar-refractivity contribution < 1.29 is 9.53 Å². The lowest BCUT2D eigenvalue weighted by molar-refractivity contribution is 0.0519. The predicted octanol–water partition coefficient (Wildman–Crippen LogP) is 1.92. The van der Waals surface area contributed by atoms with Gasteiger partial charge in [0.1, 0.15) is 6.07 Å². The second-order valence-corrected chi connectivity index (χ2v) is 3.49. The second-order valence-electron chi connectivity index (χ2n) is 3.49. The van der Waals surface area contributed by atoms with E-state index in [4.69, 9.17) is 10.00 Å². The maximum Gasteiger partial charge on any atom is 0.358 e. The van der Waals surface area contributed by atoms with E-state index in [1.807, 2.05) is 6.07 Å². The van der Waals surface area contributed by atoms with Gasteiger partial charge in [-0.2, -0.15) is 10.4 Å². The van der Waals surface area contributed by atoms with Crippen LogP contribution in [0.3, 0.4) is 0 Å². The van der Waals surface area contributed by atoms with Crippen LogP contribution in [0, 0.1) is 11.3 Å². The van der Waals surface area contributed by atoms with Crippen molar-refractivity contribution in [2.24, 2.45) is 0 Å². The first-order valence-electron chi connectivity index (χ1n) is 5.48. The molecule has 0 unspecified atom stereocenters. The van der Waals surface area contributed by atoms with Gasteiger partial charge in [-0.3, -0.25) is 0 Å². The molecule has 0 aliphatic heterocycles. The molecule has 1 heterocycles. The van der Waals surface area contributed by atoms with Gasteiger partial charge in [0, 0.05) is 6.20 Å². The fourth-order valence-electron chi connectivity index (χ4n) is 1.54. The van der Waals surface area contributed by atoms with Crippen molar-refractivity contribution in [2.45, 2.75) is 6.92 Å². The molecule has 0 aliphatic carbocycles. The number of carbonyl (C=O) groups is 1. The molecule has 0 spiro atoms. The van der Waals surface area contributed by atoms with E-state index in [-0.39, 0.29) is 5.69 Å². The number of hydrogen-bond acceptors (Lipinski definition) is 4. The minimum absolute atomic E-state index is 0.226. The van der Waals surface area contributed by atoms with Gasteiger partial charge >= 0.3 is 5.97 Å². The molecule has 0 aliphatic rings. The van der Waals surface area contributed by atoms with Crippen LogP contribution < -0.4 is 0 Å². The molecule has 0 amide bonds. The number of hydrogen-bond donors (Lipinski definition) is 0. The fraction of sp³-hybridized carbons (Fsp3) is 0.154. The third-order valence-corrected chi connectivity index (χ3v) is 2.34. The Morgan fingerprint density at radius 3 is 2.94 bits per heavy atom. The van der Waals surface area contributed by atoms with E-state index in [0.29, 0.717) is 17.9 Å². The van der Waals surface area contributed by atoms with Gasteiger partial charge in [-0.25, -0.2) is 9.48 Å². The first-order valence-corrected chi connectivity index (χ1v) is 5.48. The largest absolute Gasteiger partial charge is 0.461 e. The average Bonchev–Trinajstić information content (AvgIpc) is 2.88. The normalized spacial score (nSPS) is 9.78. The number of nitrogens with zero attached hydrogens (tertiary/aromatic N) is 3. The van der Waals surface area contributed by atoms with Crippen molar-refractivity contribution in [1.29, 1.82) is 5.26 Å². The molecule has 1 aromatic heterocycles. The van der Waals surface area contributed by atoms with Gasteiger partial charge in [0.25, 0.3) is 0 Å². The van der Waals surface area contributed by atoms with Crippen molar-refractivity contribution in [2.75, 3.05) is 6.61 Å². The Morgan fingerprint density at radius 2 is 2.22 bits per heavy atom. The van der Waals surface area contributed by atoms with Gasteiger partial charge in [-0.15, -0.1) is 0 Å². The van der Waals surface area contributed by atoms with Gasteiger partial charge in [0.15, 0.2) is 5.69 Å². The first kappa shape index (κ1) is 11.9. The lowest BCUT2D eigenvalue weighted by Crippen LogP contribution is -2.07. The van der Waals surface area contributed by atoms with Crippen LogP contribution in [0.2, 0.25) is 0 Å². The maximum absolute atomic E-state index is 11.5. The maximum atomic E-state index is 11.5. The average molecular weight is 241 g/mol. The second kappa shape index (κ2) is 5.15. The Morgan fingerprint density at radius 1 is 1.44 bits per heavy atom. The molecule has 0 saturated carbocycles. The van der Waals surface area contributed by atoms with Crippen LogP contribution in [0.4, 0.5) is 0 Å². The van der Waals surface area contributed by atoms with Crippen LogP contribution in [-0.4, -0.2) is 22.4 Å². The fourth-order valence-corrected chi connectivity index (χ4v) is 1.54. The zero-order chi connectivity index (χ0) is 13.0. The lowest BCUT2D eigenvalue weighted by Gasteiger charge is -2.02. The molecule has 0 N–H and O–H groups in total. The Balaban J connectivity index is 2.36. The summed E-state index contributed by atoms with van der Waals surface area (Å²) in [5.41, 5.74) is 1.36. The van der Waals surface area contributed by atoms with E-state index in [2.05, 4.69) is 11.2 Å². The van der Waals surface area contributed by atoms with Crippen LogP contribution in [0.15, 0.2) is 36.5 Å². The van der Waals surface area contributed by atoms with Crippen LogP contribution in [-0.2, 0) is 4.74 Å². The Labute approximate surface area is 104 Å². The minimum Gasteiger partial charge on any atom is -0.461 e. The number of para-hydroxylation sites is 1. The number of ether oxygens (including phenoxy) is 1. The van der Waals surface area contributed by atoms with E-state index in [1.165, 1.54) is 4.68 Å². The molecule has 0 atom stereocenters. The quantitative estimate of drug-likeness (QED) is 0.770. The third kappa shape index (κ3) is 2.23. The van der Waals surface area contributed by atoms with Gasteiger partial charge in [-0.05, 0) is 25.1 Å². The summed E-state index contributed by atoms with van der Waals surface area (Å²) in [4.78, 5) is 11.5. The molecule has 18 heavy (non-hydrogen) atoms. The molecule has 2 rings (SSSR count). The summed E-state index contributed by atoms with van der Waals surface area (Å²) in [6.07, 6.45) is 1.63. The highest BCUT2D eigenvalue weighted by molar-refractivity contribution is 5.87. The smallest absolute Gasteiger partial charge is 0.358 e. The summed E-state index contributed by atoms with van der Waals surface area (Å²) < 4.78 is 6.34. The van der Waals surface area contributed by atoms with Crippen molar-refractivity contribution in [1.82, 2.24) is 9.78 Å². The summed E-state index contributed by atoms with van der Waals surface area (Å²) >= 11 is 0. The monoisotopic (exact) mass is 241 g/mol. The SMILES string of the molecule is CCOC(=O)c1ccn(-c2ccccc2C#N)n1. The number of aromatic nitrogens is 2. The Kier molecular flexibility index (Phi) is 3.39. The zero-order valence-electron chi connectivity index (χ0n) is 9.83. The lowest BCUT2D eigenvalue weighted by atomic mass is 10.2. The summed E-state index contributed by atoms with van der Waals surface area (Å²) in [5.74, 6) is -0.467. The van der Waals surface area contributed by atoms with Gasteiger partial charge < -0.3 is 4.74 Å². The minimum atomic E-state index is -0.467. The van der Waals surface area contributed by atoms with E-state index in [1.54, 1.807) is 37.4 Å². The Bertz CT molecular complexity index is 611. The van der Waals surface area contributed by atoms with E-state index in [0.717, 1.165) is 0 Å². The van der Waals surface area contributed by atoms with E-state index in [9.17, 15) is 4.79 Å². The predicted molar refractivity (Wildman–Crippen MR) is 64.2 cm³/mol. The molecule has 0 saturated heterocycles. The summed E-state index contributed by atoms with van der Waals surface area (Å²) in [5, 5.41) is 13.1. The Hall–Kier alpha value is -2.61. The highest BCUT2D eigenvalue weighted by atomic mass is 16.5. The number of carbonyl (C=O) groups excluding carboxylic acids is 1. The van der Waals surface area contributed by atoms with Crippen LogP contribution in [0.1, 0.15) is 23.0 Å². The van der Waals surface area contributed by atoms with E-state index >= 15 is 0 Å². The highest BCUT2D eigenvalue weighted by Gasteiger charge is 2.12. The number of esters is 1. The molecule has 0 bridgehead atoms. The first-order chi connectivity index (χ1) is 8.76.